The van der Waals surface area contributed by atoms with Gasteiger partial charge in [0, 0.05) is 6.54 Å². The lowest BCUT2D eigenvalue weighted by atomic mass is 9.96. The van der Waals surface area contributed by atoms with Crippen LogP contribution in [0.3, 0.4) is 0 Å². The van der Waals surface area contributed by atoms with Gasteiger partial charge >= 0.3 is 12.1 Å². The number of methoxy groups -OCH3 is 1. The molecule has 0 aliphatic carbocycles. The van der Waals surface area contributed by atoms with E-state index in [0.717, 1.165) is 11.1 Å². The highest BCUT2D eigenvalue weighted by Crippen LogP contribution is 2.26. The van der Waals surface area contributed by atoms with Crippen molar-refractivity contribution in [3.8, 4) is 0 Å². The van der Waals surface area contributed by atoms with Gasteiger partial charge in [0.1, 0.15) is 24.2 Å². The van der Waals surface area contributed by atoms with Crippen molar-refractivity contribution >= 4 is 23.9 Å². The summed E-state index contributed by atoms with van der Waals surface area (Å²) in [5.74, 6) is -1.79. The van der Waals surface area contributed by atoms with Crippen molar-refractivity contribution in [2.45, 2.75) is 79.5 Å². The van der Waals surface area contributed by atoms with E-state index in [4.69, 9.17) is 4.74 Å². The first-order valence-electron chi connectivity index (χ1n) is 11.9. The van der Waals surface area contributed by atoms with Gasteiger partial charge in [-0.2, -0.15) is 0 Å². The van der Waals surface area contributed by atoms with Crippen molar-refractivity contribution in [2.75, 3.05) is 20.2 Å². The third kappa shape index (κ3) is 9.58. The van der Waals surface area contributed by atoms with Gasteiger partial charge in [0.15, 0.2) is 0 Å². The number of nitrogens with one attached hydrogen (secondary N) is 2. The summed E-state index contributed by atoms with van der Waals surface area (Å²) in [7, 11) is 1.23. The lowest BCUT2D eigenvalue weighted by Crippen LogP contribution is -2.55. The number of esters is 1. The Bertz CT molecular complexity index is 887. The SMILES string of the molecule is CCCN(C(=O)C(NC(=O)OC(C)(C)C)C(C)C)C(C(=O)NCC(=O)OC)c1cc(C)cc(C)c1. The van der Waals surface area contributed by atoms with Crippen LogP contribution in [0.1, 0.15) is 70.7 Å². The lowest BCUT2D eigenvalue weighted by Gasteiger charge is -2.35. The molecule has 3 amide bonds. The normalized spacial score (nSPS) is 13.0. The summed E-state index contributed by atoms with van der Waals surface area (Å²) < 4.78 is 10.00. The summed E-state index contributed by atoms with van der Waals surface area (Å²) in [6.45, 7) is 14.5. The minimum absolute atomic E-state index is 0.265. The van der Waals surface area contributed by atoms with Gasteiger partial charge in [-0.3, -0.25) is 14.4 Å². The predicted octanol–water partition coefficient (Wildman–Crippen LogP) is 3.42. The van der Waals surface area contributed by atoms with Crippen LogP contribution in [0.25, 0.3) is 0 Å². The van der Waals surface area contributed by atoms with Crippen molar-refractivity contribution in [2.24, 2.45) is 5.92 Å². The number of carbonyl (C=O) groups is 4. The van der Waals surface area contributed by atoms with Gasteiger partial charge in [-0.05, 0) is 52.5 Å². The number of nitrogens with zero attached hydrogens (tertiary/aromatic N) is 1. The lowest BCUT2D eigenvalue weighted by molar-refractivity contribution is -0.145. The number of ether oxygens (including phenoxy) is 2. The third-order valence-electron chi connectivity index (χ3n) is 5.11. The quantitative estimate of drug-likeness (QED) is 0.485. The van der Waals surface area contributed by atoms with E-state index in [9.17, 15) is 19.2 Å². The highest BCUT2D eigenvalue weighted by atomic mass is 16.6. The van der Waals surface area contributed by atoms with Gasteiger partial charge in [0.05, 0.1) is 7.11 Å². The van der Waals surface area contributed by atoms with Crippen molar-refractivity contribution in [3.05, 3.63) is 34.9 Å². The molecule has 1 rings (SSSR count). The molecule has 1 aromatic rings. The number of hydrogen-bond donors (Lipinski definition) is 2. The Morgan fingerprint density at radius 1 is 1.03 bits per heavy atom. The fourth-order valence-electron chi connectivity index (χ4n) is 3.70. The average molecular weight is 492 g/mol. The molecule has 0 spiro atoms. The number of rotatable bonds is 10. The van der Waals surface area contributed by atoms with Crippen molar-refractivity contribution in [1.29, 1.82) is 0 Å². The fraction of sp³-hybridized carbons (Fsp3) is 0.615. The molecule has 196 valence electrons. The molecule has 0 aromatic heterocycles. The molecule has 9 nitrogen and oxygen atoms in total. The molecule has 0 aliphatic heterocycles. The van der Waals surface area contributed by atoms with Crippen LogP contribution in [0.2, 0.25) is 0 Å². The van der Waals surface area contributed by atoms with Crippen LogP contribution in [0.5, 0.6) is 0 Å². The van der Waals surface area contributed by atoms with Gasteiger partial charge < -0.3 is 25.0 Å². The predicted molar refractivity (Wildman–Crippen MR) is 134 cm³/mol. The van der Waals surface area contributed by atoms with Crippen LogP contribution in [-0.4, -0.2) is 60.6 Å². The Balaban J connectivity index is 3.46. The Morgan fingerprint density at radius 2 is 1.60 bits per heavy atom. The van der Waals surface area contributed by atoms with Crippen molar-refractivity contribution in [3.63, 3.8) is 0 Å². The first-order valence-corrected chi connectivity index (χ1v) is 11.9. The summed E-state index contributed by atoms with van der Waals surface area (Å²) in [5, 5.41) is 5.27. The smallest absolute Gasteiger partial charge is 0.408 e. The van der Waals surface area contributed by atoms with Crippen LogP contribution in [0, 0.1) is 19.8 Å². The summed E-state index contributed by atoms with van der Waals surface area (Å²) in [6.07, 6.45) is -0.131. The van der Waals surface area contributed by atoms with E-state index in [1.54, 1.807) is 20.8 Å². The maximum atomic E-state index is 13.8. The van der Waals surface area contributed by atoms with Gasteiger partial charge in [-0.1, -0.05) is 50.1 Å². The summed E-state index contributed by atoms with van der Waals surface area (Å²) in [4.78, 5) is 52.9. The van der Waals surface area contributed by atoms with Crippen LogP contribution in [0.15, 0.2) is 18.2 Å². The summed E-state index contributed by atoms with van der Waals surface area (Å²) >= 11 is 0. The molecule has 9 heteroatoms. The zero-order valence-corrected chi connectivity index (χ0v) is 22.5. The van der Waals surface area contributed by atoms with Gasteiger partial charge in [0.25, 0.3) is 0 Å². The van der Waals surface area contributed by atoms with E-state index in [-0.39, 0.29) is 19.0 Å². The Labute approximate surface area is 208 Å². The molecule has 0 bridgehead atoms. The van der Waals surface area contributed by atoms with Crippen molar-refractivity contribution in [1.82, 2.24) is 15.5 Å². The molecule has 2 unspecified atom stereocenters. The van der Waals surface area contributed by atoms with Gasteiger partial charge in [-0.15, -0.1) is 0 Å². The number of alkyl carbamates (subject to hydrolysis) is 1. The van der Waals surface area contributed by atoms with Crippen LogP contribution < -0.4 is 10.6 Å². The largest absolute Gasteiger partial charge is 0.468 e. The van der Waals surface area contributed by atoms with E-state index in [1.165, 1.54) is 12.0 Å². The van der Waals surface area contributed by atoms with E-state index in [1.807, 2.05) is 52.8 Å². The Hall–Kier alpha value is -3.10. The Morgan fingerprint density at radius 3 is 2.06 bits per heavy atom. The second-order valence-corrected chi connectivity index (χ2v) is 10.0. The molecule has 0 radical (unpaired) electrons. The highest BCUT2D eigenvalue weighted by Gasteiger charge is 2.37. The fourth-order valence-corrected chi connectivity index (χ4v) is 3.70. The second-order valence-electron chi connectivity index (χ2n) is 10.0. The minimum atomic E-state index is -1.01. The second kappa shape index (κ2) is 13.1. The van der Waals surface area contributed by atoms with Crippen LogP contribution in [-0.2, 0) is 23.9 Å². The topological polar surface area (TPSA) is 114 Å². The average Bonchev–Trinajstić information content (AvgIpc) is 2.72. The molecular formula is C26H41N3O6. The molecule has 1 aromatic carbocycles. The number of carbonyl (C=O) groups excluding carboxylic acids is 4. The minimum Gasteiger partial charge on any atom is -0.468 e. The van der Waals surface area contributed by atoms with E-state index in [2.05, 4.69) is 15.4 Å². The number of amides is 3. The molecule has 35 heavy (non-hydrogen) atoms. The number of hydrogen-bond acceptors (Lipinski definition) is 6. The maximum Gasteiger partial charge on any atom is 0.408 e. The first kappa shape index (κ1) is 29.9. The summed E-state index contributed by atoms with van der Waals surface area (Å²) in [5.41, 5.74) is 1.75. The molecule has 0 aliphatic rings. The standard InChI is InChI=1S/C26H41N3O6/c1-10-11-29(24(32)21(16(2)3)28-25(33)35-26(6,7)8)22(23(31)27-15-20(30)34-9)19-13-17(4)12-18(5)14-19/h12-14,16,21-22H,10-11,15H2,1-9H3,(H,27,31)(H,28,33). The third-order valence-corrected chi connectivity index (χ3v) is 5.11. The molecule has 0 heterocycles. The molecule has 0 saturated heterocycles. The summed E-state index contributed by atoms with van der Waals surface area (Å²) in [6, 6.07) is 3.74. The van der Waals surface area contributed by atoms with Crippen LogP contribution in [0.4, 0.5) is 4.79 Å². The molecule has 0 fully saturated rings. The first-order chi connectivity index (χ1) is 16.2. The molecule has 2 N–H and O–H groups in total. The Kier molecular flexibility index (Phi) is 11.2. The number of aryl methyl sites for hydroxylation is 2. The van der Waals surface area contributed by atoms with Gasteiger partial charge in [-0.25, -0.2) is 4.79 Å². The monoisotopic (exact) mass is 491 g/mol. The van der Waals surface area contributed by atoms with Crippen LogP contribution >= 0.6 is 0 Å². The zero-order valence-electron chi connectivity index (χ0n) is 22.5. The van der Waals surface area contributed by atoms with E-state index in [0.29, 0.717) is 12.0 Å². The molecular weight excluding hydrogens is 450 g/mol. The highest BCUT2D eigenvalue weighted by molar-refractivity contribution is 5.93. The van der Waals surface area contributed by atoms with E-state index >= 15 is 0 Å². The maximum absolute atomic E-state index is 13.8. The molecule has 2 atom stereocenters. The number of benzene rings is 1. The molecule has 0 saturated carbocycles. The zero-order chi connectivity index (χ0) is 26.9. The van der Waals surface area contributed by atoms with Crippen molar-refractivity contribution < 1.29 is 28.7 Å². The van der Waals surface area contributed by atoms with E-state index < -0.39 is 41.6 Å². The van der Waals surface area contributed by atoms with Gasteiger partial charge in [0.2, 0.25) is 11.8 Å².